The number of hydrogen-bond acceptors (Lipinski definition) is 5. The van der Waals surface area contributed by atoms with E-state index in [4.69, 9.17) is 15.2 Å². The lowest BCUT2D eigenvalue weighted by Crippen LogP contribution is -2.64. The van der Waals surface area contributed by atoms with E-state index in [1.807, 2.05) is 26.8 Å². The Labute approximate surface area is 131 Å². The van der Waals surface area contributed by atoms with E-state index in [1.165, 1.54) is 0 Å². The van der Waals surface area contributed by atoms with E-state index in [0.717, 1.165) is 18.8 Å². The van der Waals surface area contributed by atoms with E-state index in [9.17, 15) is 4.79 Å². The second kappa shape index (κ2) is 6.14. The van der Waals surface area contributed by atoms with Gasteiger partial charge in [-0.2, -0.15) is 9.28 Å². The van der Waals surface area contributed by atoms with Gasteiger partial charge in [0.2, 0.25) is 0 Å². The number of benzene rings is 1. The molecule has 6 heteroatoms. The van der Waals surface area contributed by atoms with Crippen LogP contribution in [0, 0.1) is 0 Å². The number of nitrogens with two attached hydrogens (primary N) is 1. The normalized spacial score (nSPS) is 17.8. The van der Waals surface area contributed by atoms with Crippen LogP contribution in [0.5, 0.6) is 5.75 Å². The van der Waals surface area contributed by atoms with Crippen LogP contribution in [-0.4, -0.2) is 45.0 Å². The summed E-state index contributed by atoms with van der Waals surface area (Å²) in [6, 6.07) is 5.39. The van der Waals surface area contributed by atoms with Crippen molar-refractivity contribution >= 4 is 17.5 Å². The molecule has 1 heterocycles. The maximum atomic E-state index is 12.9. The first kappa shape index (κ1) is 16.6. The number of quaternary nitrogens is 1. The van der Waals surface area contributed by atoms with Gasteiger partial charge in [0.1, 0.15) is 18.7 Å². The van der Waals surface area contributed by atoms with Gasteiger partial charge in [-0.15, -0.1) is 0 Å². The van der Waals surface area contributed by atoms with E-state index in [0.29, 0.717) is 24.5 Å². The van der Waals surface area contributed by atoms with E-state index in [1.54, 1.807) is 19.2 Å². The molecular weight excluding hydrogens is 282 g/mol. The summed E-state index contributed by atoms with van der Waals surface area (Å²) in [7, 11) is 1.60. The highest BCUT2D eigenvalue weighted by molar-refractivity contribution is 5.86. The van der Waals surface area contributed by atoms with E-state index in [-0.39, 0.29) is 10.6 Å². The second-order valence-corrected chi connectivity index (χ2v) is 6.58. The molecule has 1 saturated heterocycles. The lowest BCUT2D eigenvalue weighted by Gasteiger charge is -2.39. The second-order valence-electron chi connectivity index (χ2n) is 6.58. The lowest BCUT2D eigenvalue weighted by molar-refractivity contribution is 0.0237. The molecule has 0 bridgehead atoms. The smallest absolute Gasteiger partial charge is 0.491 e. The molecule has 0 atom stereocenters. The number of hydrogen-bond donors (Lipinski definition) is 2. The van der Waals surface area contributed by atoms with E-state index in [2.05, 4.69) is 5.32 Å². The minimum Gasteiger partial charge on any atom is -0.491 e. The van der Waals surface area contributed by atoms with Crippen LogP contribution in [0.2, 0.25) is 0 Å². The first-order valence-electron chi connectivity index (χ1n) is 7.54. The molecule has 122 valence electrons. The van der Waals surface area contributed by atoms with Crippen LogP contribution in [0.1, 0.15) is 20.8 Å². The Morgan fingerprint density at radius 3 is 2.45 bits per heavy atom. The number of nitrogens with one attached hydrogen (secondary N) is 1. The number of rotatable bonds is 2. The van der Waals surface area contributed by atoms with Crippen LogP contribution in [0.4, 0.5) is 16.2 Å². The molecule has 1 aliphatic heterocycles. The quantitative estimate of drug-likeness (QED) is 0.647. The van der Waals surface area contributed by atoms with Crippen molar-refractivity contribution in [3.8, 4) is 5.75 Å². The summed E-state index contributed by atoms with van der Waals surface area (Å²) in [5, 5.41) is 3.28. The fourth-order valence-corrected chi connectivity index (χ4v) is 2.69. The zero-order valence-electron chi connectivity index (χ0n) is 13.8. The molecule has 3 N–H and O–H groups in total. The van der Waals surface area contributed by atoms with Crippen molar-refractivity contribution in [1.82, 2.24) is 9.80 Å². The van der Waals surface area contributed by atoms with Gasteiger partial charge in [-0.05, 0) is 32.9 Å². The van der Waals surface area contributed by atoms with Crippen molar-refractivity contribution < 1.29 is 14.3 Å². The molecule has 22 heavy (non-hydrogen) atoms. The summed E-state index contributed by atoms with van der Waals surface area (Å²) >= 11 is 0. The fraction of sp³-hybridized carbons (Fsp3) is 0.562. The standard InChI is InChI=1S/C16H26N3O3/c1-16(2,3)22-15(20)19(9-7-18-8-10-19)13-11-12(17)5-6-14(13)21-4/h5-6,11,18H,7-10,17H2,1-4H3/q+1. The summed E-state index contributed by atoms with van der Waals surface area (Å²) in [4.78, 5) is 12.9. The molecule has 0 spiro atoms. The van der Waals surface area contributed by atoms with Crippen molar-refractivity contribution in [3.05, 3.63) is 18.2 Å². The number of piperazine rings is 1. The van der Waals surface area contributed by atoms with E-state index >= 15 is 0 Å². The van der Waals surface area contributed by atoms with Crippen molar-refractivity contribution in [1.29, 1.82) is 0 Å². The van der Waals surface area contributed by atoms with Gasteiger partial charge < -0.3 is 20.5 Å². The fourth-order valence-electron chi connectivity index (χ4n) is 2.69. The van der Waals surface area contributed by atoms with Gasteiger partial charge >= 0.3 is 6.09 Å². The van der Waals surface area contributed by atoms with Crippen molar-refractivity contribution in [2.45, 2.75) is 26.4 Å². The third-order valence-electron chi connectivity index (χ3n) is 3.75. The molecule has 0 radical (unpaired) electrons. The summed E-state index contributed by atoms with van der Waals surface area (Å²) in [5.74, 6) is 0.655. The molecule has 1 amide bonds. The molecule has 0 aromatic heterocycles. The maximum Gasteiger partial charge on any atom is 0.521 e. The summed E-state index contributed by atoms with van der Waals surface area (Å²) in [5.41, 5.74) is 6.77. The van der Waals surface area contributed by atoms with Gasteiger partial charge in [-0.1, -0.05) is 0 Å². The number of ether oxygens (including phenoxy) is 2. The highest BCUT2D eigenvalue weighted by Gasteiger charge is 2.46. The molecule has 1 aliphatic rings. The maximum absolute atomic E-state index is 12.9. The van der Waals surface area contributed by atoms with Crippen LogP contribution in [0.15, 0.2) is 18.2 Å². The summed E-state index contributed by atoms with van der Waals surface area (Å²) < 4.78 is 11.2. The molecule has 0 aliphatic carbocycles. The molecule has 0 unspecified atom stereocenters. The number of carbonyl (C=O) groups excluding carboxylic acids is 1. The third kappa shape index (κ3) is 3.34. The van der Waals surface area contributed by atoms with E-state index < -0.39 is 5.60 Å². The van der Waals surface area contributed by atoms with Crippen LogP contribution in [0.3, 0.4) is 0 Å². The van der Waals surface area contributed by atoms with Gasteiger partial charge in [0.25, 0.3) is 0 Å². The van der Waals surface area contributed by atoms with Gasteiger partial charge in [0.05, 0.1) is 7.11 Å². The van der Waals surface area contributed by atoms with Gasteiger partial charge in [-0.25, -0.2) is 0 Å². The number of carbonyl (C=O) groups is 1. The predicted molar refractivity (Wildman–Crippen MR) is 88.0 cm³/mol. The molecule has 1 fully saturated rings. The predicted octanol–water partition coefficient (Wildman–Crippen LogP) is 2.12. The topological polar surface area (TPSA) is 73.6 Å². The Morgan fingerprint density at radius 2 is 1.91 bits per heavy atom. The third-order valence-corrected chi connectivity index (χ3v) is 3.75. The average Bonchev–Trinajstić information content (AvgIpc) is 2.46. The minimum absolute atomic E-state index is 0.0957. The van der Waals surface area contributed by atoms with Gasteiger partial charge in [0, 0.05) is 24.8 Å². The number of anilines is 1. The first-order valence-corrected chi connectivity index (χ1v) is 7.54. The van der Waals surface area contributed by atoms with Crippen molar-refractivity contribution in [3.63, 3.8) is 0 Å². The monoisotopic (exact) mass is 308 g/mol. The summed E-state index contributed by atoms with van der Waals surface area (Å²) in [6.45, 7) is 8.30. The largest absolute Gasteiger partial charge is 0.521 e. The highest BCUT2D eigenvalue weighted by Crippen LogP contribution is 2.37. The molecule has 2 rings (SSSR count). The van der Waals surface area contributed by atoms with Gasteiger partial charge in [-0.3, -0.25) is 0 Å². The Bertz CT molecular complexity index is 546. The number of nitrogens with zero attached hydrogens (tertiary/aromatic N) is 1. The first-order chi connectivity index (χ1) is 10.3. The zero-order valence-corrected chi connectivity index (χ0v) is 13.8. The Kier molecular flexibility index (Phi) is 4.63. The highest BCUT2D eigenvalue weighted by atomic mass is 16.6. The van der Waals surface area contributed by atoms with Crippen LogP contribution in [-0.2, 0) is 4.74 Å². The van der Waals surface area contributed by atoms with Gasteiger partial charge in [0.15, 0.2) is 11.4 Å². The number of methoxy groups -OCH3 is 1. The molecular formula is C16H26N3O3+. The van der Waals surface area contributed by atoms with Crippen LogP contribution >= 0.6 is 0 Å². The SMILES string of the molecule is COc1ccc(N)cc1[N+]1(C(=O)OC(C)(C)C)CCNCC1. The molecule has 1 aromatic rings. The molecule has 1 aromatic carbocycles. The zero-order chi connectivity index (χ0) is 16.4. The van der Waals surface area contributed by atoms with Crippen LogP contribution < -0.4 is 20.3 Å². The number of amides is 1. The Hall–Kier alpha value is -1.79. The Morgan fingerprint density at radius 1 is 1.27 bits per heavy atom. The molecule has 0 saturated carbocycles. The van der Waals surface area contributed by atoms with Crippen LogP contribution in [0.25, 0.3) is 0 Å². The summed E-state index contributed by atoms with van der Waals surface area (Å²) in [6.07, 6.45) is -0.266. The lowest BCUT2D eigenvalue weighted by atomic mass is 10.1. The average molecular weight is 308 g/mol. The minimum atomic E-state index is -0.541. The molecule has 6 nitrogen and oxygen atoms in total. The Balaban J connectivity index is 2.50. The van der Waals surface area contributed by atoms with Crippen molar-refractivity contribution in [2.24, 2.45) is 0 Å². The number of nitrogen functional groups attached to an aromatic ring is 1. The van der Waals surface area contributed by atoms with Crippen molar-refractivity contribution in [2.75, 3.05) is 39.0 Å².